The molecule has 0 aromatic carbocycles. The van der Waals surface area contributed by atoms with E-state index in [0.29, 0.717) is 19.1 Å². The van der Waals surface area contributed by atoms with Gasteiger partial charge in [0.25, 0.3) is 0 Å². The number of nitrogens with one attached hydrogen (secondary N) is 1. The second kappa shape index (κ2) is 8.60. The molecule has 1 aliphatic rings. The fraction of sp³-hybridized carbons (Fsp3) is 0.933. The predicted molar refractivity (Wildman–Crippen MR) is 80.4 cm³/mol. The maximum atomic E-state index is 11.6. The summed E-state index contributed by atoms with van der Waals surface area (Å²) in [6.45, 7) is 12.4. The molecule has 0 aromatic rings. The van der Waals surface area contributed by atoms with E-state index in [9.17, 15) is 4.79 Å². The van der Waals surface area contributed by atoms with Gasteiger partial charge in [0.1, 0.15) is 0 Å². The van der Waals surface area contributed by atoms with Crippen LogP contribution in [0.15, 0.2) is 0 Å². The van der Waals surface area contributed by atoms with Gasteiger partial charge in [-0.1, -0.05) is 27.7 Å². The van der Waals surface area contributed by atoms with Crippen molar-refractivity contribution in [1.82, 2.24) is 5.32 Å². The van der Waals surface area contributed by atoms with Crippen molar-refractivity contribution in [3.63, 3.8) is 0 Å². The number of esters is 1. The Bertz CT molecular complexity index is 285. The first-order valence-corrected chi connectivity index (χ1v) is 7.42. The summed E-state index contributed by atoms with van der Waals surface area (Å²) in [4.78, 5) is 11.6. The van der Waals surface area contributed by atoms with Crippen molar-refractivity contribution < 1.29 is 14.7 Å². The number of hydrogen-bond acceptors (Lipinski definition) is 5. The molecule has 20 heavy (non-hydrogen) atoms. The summed E-state index contributed by atoms with van der Waals surface area (Å²) in [5.41, 5.74) is 0.229. The van der Waals surface area contributed by atoms with E-state index in [2.05, 4.69) is 38.9 Å². The van der Waals surface area contributed by atoms with Crippen LogP contribution in [-0.2, 0) is 9.53 Å². The molecule has 1 rings (SSSR count). The van der Waals surface area contributed by atoms with E-state index >= 15 is 0 Å². The molecule has 1 atom stereocenters. The van der Waals surface area contributed by atoms with Crippen LogP contribution < -0.4 is 11.2 Å². The Morgan fingerprint density at radius 3 is 2.40 bits per heavy atom. The first kappa shape index (κ1) is 19.4. The van der Waals surface area contributed by atoms with Crippen molar-refractivity contribution >= 4 is 5.97 Å². The van der Waals surface area contributed by atoms with Crippen LogP contribution in [0.2, 0.25) is 0 Å². The number of hydrogen-bond donors (Lipinski definition) is 3. The summed E-state index contributed by atoms with van der Waals surface area (Å²) in [6, 6.07) is 0.582. The summed E-state index contributed by atoms with van der Waals surface area (Å²) in [5.74, 6) is 3.43. The SMILES string of the molecule is CCOC(=O)CC(C)(C)CC(C)(C)C1CCCN1.NO. The quantitative estimate of drug-likeness (QED) is 0.516. The lowest BCUT2D eigenvalue weighted by Crippen LogP contribution is -2.40. The van der Waals surface area contributed by atoms with Gasteiger partial charge in [-0.2, -0.15) is 0 Å². The van der Waals surface area contributed by atoms with E-state index in [4.69, 9.17) is 9.94 Å². The highest BCUT2D eigenvalue weighted by Gasteiger charge is 2.37. The van der Waals surface area contributed by atoms with Gasteiger partial charge in [-0.05, 0) is 43.6 Å². The second-order valence-electron chi connectivity index (χ2n) is 6.96. The highest BCUT2D eigenvalue weighted by Crippen LogP contribution is 2.40. The third-order valence-corrected chi connectivity index (χ3v) is 3.87. The smallest absolute Gasteiger partial charge is 0.306 e. The highest BCUT2D eigenvalue weighted by molar-refractivity contribution is 5.70. The minimum absolute atomic E-state index is 0.0000231. The van der Waals surface area contributed by atoms with E-state index in [1.165, 1.54) is 12.8 Å². The molecule has 1 saturated heterocycles. The van der Waals surface area contributed by atoms with Crippen LogP contribution in [-0.4, -0.2) is 30.4 Å². The highest BCUT2D eigenvalue weighted by atomic mass is 16.5. The van der Waals surface area contributed by atoms with E-state index in [1.807, 2.05) is 6.92 Å². The van der Waals surface area contributed by atoms with Gasteiger partial charge in [-0.3, -0.25) is 4.79 Å². The molecule has 0 radical (unpaired) electrons. The van der Waals surface area contributed by atoms with Crippen molar-refractivity contribution in [1.29, 1.82) is 0 Å². The number of carbonyl (C=O) groups excluding carboxylic acids is 1. The fourth-order valence-corrected chi connectivity index (χ4v) is 3.37. The molecule has 1 unspecified atom stereocenters. The maximum absolute atomic E-state index is 11.6. The Balaban J connectivity index is 0.00000172. The van der Waals surface area contributed by atoms with Gasteiger partial charge in [0.2, 0.25) is 0 Å². The molecule has 0 amide bonds. The van der Waals surface area contributed by atoms with Crippen LogP contribution >= 0.6 is 0 Å². The van der Waals surface area contributed by atoms with E-state index in [1.54, 1.807) is 0 Å². The summed E-state index contributed by atoms with van der Waals surface area (Å²) >= 11 is 0. The van der Waals surface area contributed by atoms with Crippen molar-refractivity contribution in [3.8, 4) is 0 Å². The fourth-order valence-electron chi connectivity index (χ4n) is 3.37. The standard InChI is InChI=1S/C15H29NO2.H3NO/c1-6-18-13(17)10-14(2,3)11-15(4,5)12-8-7-9-16-12;1-2/h12,16H,6-11H2,1-5H3;2H,1H2. The summed E-state index contributed by atoms with van der Waals surface area (Å²) in [7, 11) is 0. The predicted octanol–water partition coefficient (Wildman–Crippen LogP) is 2.47. The monoisotopic (exact) mass is 288 g/mol. The Kier molecular flexibility index (Phi) is 8.32. The average molecular weight is 288 g/mol. The molecule has 0 aromatic heterocycles. The molecule has 0 bridgehead atoms. The normalized spacial score (nSPS) is 19.2. The van der Waals surface area contributed by atoms with Crippen LogP contribution in [0.5, 0.6) is 0 Å². The van der Waals surface area contributed by atoms with Gasteiger partial charge in [0, 0.05) is 6.04 Å². The van der Waals surface area contributed by atoms with Gasteiger partial charge >= 0.3 is 5.97 Å². The van der Waals surface area contributed by atoms with E-state index in [-0.39, 0.29) is 16.8 Å². The van der Waals surface area contributed by atoms with Crippen LogP contribution in [0.4, 0.5) is 0 Å². The molecule has 1 heterocycles. The maximum Gasteiger partial charge on any atom is 0.306 e. The average Bonchev–Trinajstić information content (AvgIpc) is 2.83. The van der Waals surface area contributed by atoms with Gasteiger partial charge < -0.3 is 15.3 Å². The lowest BCUT2D eigenvalue weighted by atomic mass is 9.69. The van der Waals surface area contributed by atoms with Crippen molar-refractivity contribution in [2.45, 2.75) is 66.3 Å². The van der Waals surface area contributed by atoms with Crippen LogP contribution in [0.3, 0.4) is 0 Å². The van der Waals surface area contributed by atoms with Crippen molar-refractivity contribution in [2.75, 3.05) is 13.2 Å². The molecule has 0 saturated carbocycles. The van der Waals surface area contributed by atoms with Crippen LogP contribution in [0.1, 0.15) is 60.3 Å². The van der Waals surface area contributed by atoms with Crippen LogP contribution in [0.25, 0.3) is 0 Å². The number of rotatable bonds is 6. The molecule has 1 aliphatic heterocycles. The number of nitrogens with two attached hydrogens (primary N) is 1. The third kappa shape index (κ3) is 6.68. The summed E-state index contributed by atoms with van der Waals surface area (Å²) in [5, 5.41) is 10.1. The zero-order chi connectivity index (χ0) is 15.8. The molecule has 0 aliphatic carbocycles. The molecule has 0 spiro atoms. The topological polar surface area (TPSA) is 84.6 Å². The second-order valence-corrected chi connectivity index (χ2v) is 6.96. The largest absolute Gasteiger partial charge is 0.466 e. The van der Waals surface area contributed by atoms with Gasteiger partial charge in [-0.25, -0.2) is 5.90 Å². The summed E-state index contributed by atoms with van der Waals surface area (Å²) in [6.07, 6.45) is 4.07. The third-order valence-electron chi connectivity index (χ3n) is 3.87. The van der Waals surface area contributed by atoms with Crippen LogP contribution in [0, 0.1) is 10.8 Å². The lowest BCUT2D eigenvalue weighted by Gasteiger charge is -2.38. The van der Waals surface area contributed by atoms with Crippen molar-refractivity contribution in [3.05, 3.63) is 0 Å². The zero-order valence-electron chi connectivity index (χ0n) is 13.7. The van der Waals surface area contributed by atoms with Crippen molar-refractivity contribution in [2.24, 2.45) is 16.7 Å². The summed E-state index contributed by atoms with van der Waals surface area (Å²) < 4.78 is 5.06. The Hall–Kier alpha value is -0.650. The van der Waals surface area contributed by atoms with E-state index in [0.717, 1.165) is 13.0 Å². The molecule has 120 valence electrons. The zero-order valence-corrected chi connectivity index (χ0v) is 13.7. The molecule has 4 N–H and O–H groups in total. The minimum atomic E-state index is -0.0716. The minimum Gasteiger partial charge on any atom is -0.466 e. The number of carbonyl (C=O) groups is 1. The molecule has 5 heteroatoms. The molecular formula is C15H32N2O3. The van der Waals surface area contributed by atoms with Gasteiger partial charge in [0.15, 0.2) is 0 Å². The van der Waals surface area contributed by atoms with E-state index < -0.39 is 0 Å². The number of ether oxygens (including phenoxy) is 1. The van der Waals surface area contributed by atoms with Gasteiger partial charge in [-0.15, -0.1) is 0 Å². The first-order valence-electron chi connectivity index (χ1n) is 7.42. The molecular weight excluding hydrogens is 256 g/mol. The van der Waals surface area contributed by atoms with Gasteiger partial charge in [0.05, 0.1) is 13.0 Å². The first-order chi connectivity index (χ1) is 9.27. The Morgan fingerprint density at radius 2 is 1.95 bits per heavy atom. The molecule has 5 nitrogen and oxygen atoms in total. The Labute approximate surface area is 123 Å². The molecule has 1 fully saturated rings. The lowest BCUT2D eigenvalue weighted by molar-refractivity contribution is -0.145. The Morgan fingerprint density at radius 1 is 1.35 bits per heavy atom.